The highest BCUT2D eigenvalue weighted by atomic mass is 15.2. The fourth-order valence-corrected chi connectivity index (χ4v) is 1.81. The molecule has 0 spiro atoms. The Labute approximate surface area is 94.7 Å². The SMILES string of the molecule is CC.Cc1cc2ccccc2n2cnnc12. The molecule has 0 aliphatic rings. The number of nitrogens with zero attached hydrogens (tertiary/aromatic N) is 3. The van der Waals surface area contributed by atoms with Crippen molar-refractivity contribution in [2.75, 3.05) is 0 Å². The van der Waals surface area contributed by atoms with Crippen molar-refractivity contribution in [2.24, 2.45) is 0 Å². The quantitative estimate of drug-likeness (QED) is 0.574. The molecule has 3 rings (SSSR count). The van der Waals surface area contributed by atoms with Gasteiger partial charge in [-0.2, -0.15) is 0 Å². The maximum atomic E-state index is 4.08. The molecule has 1 aromatic carbocycles. The van der Waals surface area contributed by atoms with Crippen molar-refractivity contribution in [1.29, 1.82) is 0 Å². The molecule has 0 saturated carbocycles. The minimum atomic E-state index is 0.934. The monoisotopic (exact) mass is 213 g/mol. The topological polar surface area (TPSA) is 30.2 Å². The number of hydrogen-bond donors (Lipinski definition) is 0. The summed E-state index contributed by atoms with van der Waals surface area (Å²) in [5, 5.41) is 9.23. The number of pyridine rings is 1. The summed E-state index contributed by atoms with van der Waals surface area (Å²) in [5.41, 5.74) is 3.24. The van der Waals surface area contributed by atoms with E-state index in [2.05, 4.69) is 35.3 Å². The molecule has 82 valence electrons. The van der Waals surface area contributed by atoms with Crippen molar-refractivity contribution >= 4 is 16.6 Å². The first-order valence-corrected chi connectivity index (χ1v) is 5.54. The first kappa shape index (κ1) is 10.6. The molecule has 0 radical (unpaired) electrons. The van der Waals surface area contributed by atoms with E-state index in [1.54, 1.807) is 6.33 Å². The predicted molar refractivity (Wildman–Crippen MR) is 66.6 cm³/mol. The van der Waals surface area contributed by atoms with Crippen molar-refractivity contribution in [3.63, 3.8) is 0 Å². The normalized spacial score (nSPS) is 10.2. The van der Waals surface area contributed by atoms with Crippen LogP contribution in [-0.2, 0) is 0 Å². The molecule has 0 amide bonds. The molecule has 16 heavy (non-hydrogen) atoms. The van der Waals surface area contributed by atoms with Crippen LogP contribution in [0.25, 0.3) is 16.6 Å². The number of fused-ring (bicyclic) bond motifs is 3. The maximum Gasteiger partial charge on any atom is 0.164 e. The van der Waals surface area contributed by atoms with Crippen LogP contribution in [0.15, 0.2) is 36.7 Å². The van der Waals surface area contributed by atoms with E-state index in [-0.39, 0.29) is 0 Å². The largest absolute Gasteiger partial charge is 0.281 e. The first-order valence-electron chi connectivity index (χ1n) is 5.54. The highest BCUT2D eigenvalue weighted by molar-refractivity contribution is 5.83. The third-order valence-electron chi connectivity index (χ3n) is 2.47. The molecule has 0 aliphatic carbocycles. The number of aromatic nitrogens is 3. The van der Waals surface area contributed by atoms with Gasteiger partial charge in [0.1, 0.15) is 6.33 Å². The Morgan fingerprint density at radius 2 is 1.88 bits per heavy atom. The lowest BCUT2D eigenvalue weighted by atomic mass is 10.1. The first-order chi connectivity index (χ1) is 7.86. The Bertz CT molecular complexity index is 611. The van der Waals surface area contributed by atoms with E-state index >= 15 is 0 Å². The molecule has 0 atom stereocenters. The van der Waals surface area contributed by atoms with E-state index in [0.29, 0.717) is 0 Å². The summed E-state index contributed by atoms with van der Waals surface area (Å²) in [6.07, 6.45) is 1.75. The second kappa shape index (κ2) is 4.31. The van der Waals surface area contributed by atoms with Crippen LogP contribution in [0.2, 0.25) is 0 Å². The Hall–Kier alpha value is -1.90. The van der Waals surface area contributed by atoms with Crippen molar-refractivity contribution in [3.05, 3.63) is 42.2 Å². The summed E-state index contributed by atoms with van der Waals surface area (Å²) in [4.78, 5) is 0. The average molecular weight is 213 g/mol. The number of benzene rings is 1. The van der Waals surface area contributed by atoms with Gasteiger partial charge in [-0.25, -0.2) is 0 Å². The van der Waals surface area contributed by atoms with Gasteiger partial charge in [0.15, 0.2) is 5.65 Å². The van der Waals surface area contributed by atoms with Crippen molar-refractivity contribution in [1.82, 2.24) is 14.6 Å². The molecular formula is C13H15N3. The predicted octanol–water partition coefficient (Wildman–Crippen LogP) is 3.22. The summed E-state index contributed by atoms with van der Waals surface area (Å²) in [7, 11) is 0. The molecule has 3 nitrogen and oxygen atoms in total. The Balaban J connectivity index is 0.000000457. The summed E-state index contributed by atoms with van der Waals surface area (Å²) in [6, 6.07) is 10.4. The Morgan fingerprint density at radius 1 is 1.12 bits per heavy atom. The second-order valence-corrected chi connectivity index (χ2v) is 3.41. The van der Waals surface area contributed by atoms with Gasteiger partial charge < -0.3 is 0 Å². The number of aryl methyl sites for hydroxylation is 1. The van der Waals surface area contributed by atoms with Gasteiger partial charge in [-0.1, -0.05) is 32.0 Å². The molecule has 3 heteroatoms. The lowest BCUT2D eigenvalue weighted by molar-refractivity contribution is 1.11. The zero-order valence-electron chi connectivity index (χ0n) is 9.81. The summed E-state index contributed by atoms with van der Waals surface area (Å²) >= 11 is 0. The minimum absolute atomic E-state index is 0.934. The van der Waals surface area contributed by atoms with E-state index in [9.17, 15) is 0 Å². The Kier molecular flexibility index (Phi) is 2.86. The fraction of sp³-hybridized carbons (Fsp3) is 0.231. The van der Waals surface area contributed by atoms with Crippen LogP contribution < -0.4 is 0 Å². The van der Waals surface area contributed by atoms with Gasteiger partial charge in [-0.3, -0.25) is 4.40 Å². The van der Waals surface area contributed by atoms with Gasteiger partial charge in [-0.15, -0.1) is 10.2 Å². The van der Waals surface area contributed by atoms with Crippen molar-refractivity contribution < 1.29 is 0 Å². The van der Waals surface area contributed by atoms with E-state index < -0.39 is 0 Å². The smallest absolute Gasteiger partial charge is 0.164 e. The summed E-state index contributed by atoms with van der Waals surface area (Å²) in [6.45, 7) is 6.05. The zero-order chi connectivity index (χ0) is 11.5. The third kappa shape index (κ3) is 1.54. The molecule has 0 N–H and O–H groups in total. The van der Waals surface area contributed by atoms with Crippen molar-refractivity contribution in [2.45, 2.75) is 20.8 Å². The molecule has 2 heterocycles. The summed E-state index contributed by atoms with van der Waals surface area (Å²) < 4.78 is 2.02. The van der Waals surface area contributed by atoms with Gasteiger partial charge in [-0.05, 0) is 30.0 Å². The van der Waals surface area contributed by atoms with Crippen LogP contribution in [0.3, 0.4) is 0 Å². The molecular weight excluding hydrogens is 198 g/mol. The fourth-order valence-electron chi connectivity index (χ4n) is 1.81. The molecule has 2 aromatic heterocycles. The van der Waals surface area contributed by atoms with Gasteiger partial charge in [0.25, 0.3) is 0 Å². The molecule has 0 aliphatic heterocycles. The van der Waals surface area contributed by atoms with Gasteiger partial charge in [0.2, 0.25) is 0 Å². The van der Waals surface area contributed by atoms with Crippen LogP contribution in [-0.4, -0.2) is 14.6 Å². The molecule has 0 saturated heterocycles. The van der Waals surface area contributed by atoms with Gasteiger partial charge >= 0.3 is 0 Å². The maximum absolute atomic E-state index is 4.08. The highest BCUT2D eigenvalue weighted by Gasteiger charge is 2.03. The van der Waals surface area contributed by atoms with Crippen LogP contribution in [0.5, 0.6) is 0 Å². The van der Waals surface area contributed by atoms with E-state index in [1.807, 2.05) is 30.4 Å². The van der Waals surface area contributed by atoms with E-state index in [4.69, 9.17) is 0 Å². The lowest BCUT2D eigenvalue weighted by Gasteiger charge is -2.02. The summed E-state index contributed by atoms with van der Waals surface area (Å²) in [5.74, 6) is 0. The molecule has 0 fully saturated rings. The zero-order valence-corrected chi connectivity index (χ0v) is 9.81. The van der Waals surface area contributed by atoms with Crippen LogP contribution in [0.1, 0.15) is 19.4 Å². The van der Waals surface area contributed by atoms with E-state index in [1.165, 1.54) is 5.39 Å². The van der Waals surface area contributed by atoms with Crippen LogP contribution >= 0.6 is 0 Å². The van der Waals surface area contributed by atoms with Crippen LogP contribution in [0.4, 0.5) is 0 Å². The van der Waals surface area contributed by atoms with Gasteiger partial charge in [0.05, 0.1) is 5.52 Å². The minimum Gasteiger partial charge on any atom is -0.281 e. The number of hydrogen-bond acceptors (Lipinski definition) is 2. The standard InChI is InChI=1S/C11H9N3.C2H6/c1-8-6-9-4-2-3-5-10(9)14-7-12-13-11(8)14;1-2/h2-7H,1H3;1-2H3. The lowest BCUT2D eigenvalue weighted by Crippen LogP contribution is -1.89. The Morgan fingerprint density at radius 3 is 2.69 bits per heavy atom. The third-order valence-corrected chi connectivity index (χ3v) is 2.47. The van der Waals surface area contributed by atoms with E-state index in [0.717, 1.165) is 16.7 Å². The van der Waals surface area contributed by atoms with Crippen molar-refractivity contribution in [3.8, 4) is 0 Å². The number of para-hydroxylation sites is 1. The van der Waals surface area contributed by atoms with Gasteiger partial charge in [0, 0.05) is 0 Å². The highest BCUT2D eigenvalue weighted by Crippen LogP contribution is 2.18. The number of rotatable bonds is 0. The molecule has 0 unspecified atom stereocenters. The molecule has 0 bridgehead atoms. The average Bonchev–Trinajstić information content (AvgIpc) is 2.82. The van der Waals surface area contributed by atoms with Crippen LogP contribution in [0, 0.1) is 6.92 Å². The molecule has 3 aromatic rings. The second-order valence-electron chi connectivity index (χ2n) is 3.41.